The summed E-state index contributed by atoms with van der Waals surface area (Å²) < 4.78 is 33.5. The second-order valence-electron chi connectivity index (χ2n) is 7.23. The molecule has 4 aromatic heterocycles. The number of thiophene rings is 1. The van der Waals surface area contributed by atoms with E-state index in [9.17, 15) is 28.5 Å². The van der Waals surface area contributed by atoms with E-state index in [1.165, 1.54) is 25.3 Å². The van der Waals surface area contributed by atoms with Gasteiger partial charge in [-0.2, -0.15) is 4.68 Å². The summed E-state index contributed by atoms with van der Waals surface area (Å²) in [7, 11) is 0. The largest absolute Gasteiger partial charge is 0.464 e. The Morgan fingerprint density at radius 3 is 2.65 bits per heavy atom. The molecule has 0 aromatic carbocycles. The van der Waals surface area contributed by atoms with Gasteiger partial charge in [0.1, 0.15) is 27.2 Å². The molecule has 0 fully saturated rings. The molecule has 0 aliphatic carbocycles. The van der Waals surface area contributed by atoms with Crippen molar-refractivity contribution in [1.82, 2.24) is 14.8 Å². The number of hydrogen-bond acceptors (Lipinski definition) is 8. The lowest BCUT2D eigenvalue weighted by atomic mass is 10.1. The van der Waals surface area contributed by atoms with Crippen LogP contribution in [0.5, 0.6) is 0 Å². The van der Waals surface area contributed by atoms with Gasteiger partial charge in [0.05, 0.1) is 28.8 Å². The van der Waals surface area contributed by atoms with Crippen molar-refractivity contribution >= 4 is 44.9 Å². The molecule has 0 spiro atoms. The minimum absolute atomic E-state index is 0.0247. The lowest BCUT2D eigenvalue weighted by molar-refractivity contribution is -0.389. The molecular weight excluding hydrogens is 474 g/mol. The van der Waals surface area contributed by atoms with Gasteiger partial charge in [0.2, 0.25) is 0 Å². The number of carbonyl (C=O) groups is 2. The minimum atomic E-state index is -2.89. The number of primary amides is 1. The van der Waals surface area contributed by atoms with Crippen LogP contribution in [0, 0.1) is 17.0 Å². The van der Waals surface area contributed by atoms with Crippen molar-refractivity contribution in [3.8, 4) is 11.3 Å². The van der Waals surface area contributed by atoms with Gasteiger partial charge in [-0.25, -0.2) is 13.8 Å². The Bertz CT molecular complexity index is 1430. The Morgan fingerprint density at radius 2 is 2.09 bits per heavy atom. The van der Waals surface area contributed by atoms with E-state index in [1.54, 1.807) is 13.0 Å². The molecule has 2 amide bonds. The van der Waals surface area contributed by atoms with E-state index in [2.05, 4.69) is 15.4 Å². The molecule has 0 radical (unpaired) electrons. The predicted molar refractivity (Wildman–Crippen MR) is 118 cm³/mol. The molecule has 0 aliphatic rings. The zero-order valence-electron chi connectivity index (χ0n) is 17.6. The van der Waals surface area contributed by atoms with Gasteiger partial charge in [-0.05, 0) is 37.0 Å². The van der Waals surface area contributed by atoms with Crippen LogP contribution in [-0.2, 0) is 4.79 Å². The van der Waals surface area contributed by atoms with Crippen molar-refractivity contribution in [2.45, 2.75) is 26.3 Å². The number of rotatable bonds is 7. The molecule has 0 saturated heterocycles. The molecular formula is C20H16F2N6O5S. The van der Waals surface area contributed by atoms with Gasteiger partial charge in [0.15, 0.2) is 0 Å². The fraction of sp³-hybridized carbons (Fsp3) is 0.200. The van der Waals surface area contributed by atoms with Gasteiger partial charge >= 0.3 is 5.82 Å². The lowest BCUT2D eigenvalue weighted by Gasteiger charge is -2.13. The average molecular weight is 490 g/mol. The summed E-state index contributed by atoms with van der Waals surface area (Å²) in [4.78, 5) is 39.4. The van der Waals surface area contributed by atoms with Gasteiger partial charge in [0.25, 0.3) is 18.2 Å². The third-order valence-electron chi connectivity index (χ3n) is 5.01. The highest BCUT2D eigenvalue weighted by Gasteiger charge is 2.29. The Morgan fingerprint density at radius 1 is 1.35 bits per heavy atom. The van der Waals surface area contributed by atoms with Crippen LogP contribution in [-0.4, -0.2) is 31.5 Å². The molecule has 1 atom stereocenters. The number of halogens is 2. The van der Waals surface area contributed by atoms with Crippen LogP contribution in [0.15, 0.2) is 34.9 Å². The summed E-state index contributed by atoms with van der Waals surface area (Å²) in [6, 6.07) is 4.39. The highest BCUT2D eigenvalue weighted by atomic mass is 32.1. The molecule has 4 aromatic rings. The smallest absolute Gasteiger partial charge is 0.390 e. The SMILES string of the molecule is Cc1cc([N+](=O)[O-])nn1C(C)C(=O)Nc1c(C(N)=O)sc2nc(C(F)F)cc(-c3ccco3)c12. The summed E-state index contributed by atoms with van der Waals surface area (Å²) in [5.41, 5.74) is 5.48. The third-order valence-corrected chi connectivity index (χ3v) is 6.11. The second-order valence-corrected chi connectivity index (χ2v) is 8.23. The number of aryl methyl sites for hydroxylation is 1. The fourth-order valence-corrected chi connectivity index (χ4v) is 4.45. The maximum atomic E-state index is 13.5. The number of amides is 2. The Labute approximate surface area is 193 Å². The molecule has 0 bridgehead atoms. The van der Waals surface area contributed by atoms with Crippen LogP contribution in [0.1, 0.15) is 40.5 Å². The number of nitrogens with one attached hydrogen (secondary N) is 1. The Hall–Kier alpha value is -4.20. The van der Waals surface area contributed by atoms with E-state index in [-0.39, 0.29) is 32.1 Å². The molecule has 0 saturated carbocycles. The first kappa shape index (κ1) is 23.0. The molecule has 4 heterocycles. The molecule has 176 valence electrons. The van der Waals surface area contributed by atoms with Crippen molar-refractivity contribution in [3.63, 3.8) is 0 Å². The van der Waals surface area contributed by atoms with Crippen LogP contribution in [0.2, 0.25) is 0 Å². The molecule has 4 rings (SSSR count). The number of nitrogens with two attached hydrogens (primary N) is 1. The van der Waals surface area contributed by atoms with Crippen LogP contribution in [0.25, 0.3) is 21.5 Å². The second kappa shape index (κ2) is 8.62. The van der Waals surface area contributed by atoms with Gasteiger partial charge in [0, 0.05) is 10.9 Å². The number of alkyl halides is 2. The number of furan rings is 1. The van der Waals surface area contributed by atoms with Crippen molar-refractivity contribution in [2.75, 3.05) is 5.32 Å². The van der Waals surface area contributed by atoms with Crippen molar-refractivity contribution < 1.29 is 27.7 Å². The molecule has 0 aliphatic heterocycles. The first-order chi connectivity index (χ1) is 16.1. The Kier molecular flexibility index (Phi) is 5.83. The van der Waals surface area contributed by atoms with Gasteiger partial charge in [-0.15, -0.1) is 11.3 Å². The van der Waals surface area contributed by atoms with E-state index >= 15 is 0 Å². The molecule has 3 N–H and O–H groups in total. The predicted octanol–water partition coefficient (Wildman–Crippen LogP) is 4.21. The number of fused-ring (bicyclic) bond motifs is 1. The Balaban J connectivity index is 1.84. The normalized spacial score (nSPS) is 12.3. The number of nitro groups is 1. The van der Waals surface area contributed by atoms with E-state index in [1.807, 2.05) is 0 Å². The third kappa shape index (κ3) is 3.98. The molecule has 1 unspecified atom stereocenters. The van der Waals surface area contributed by atoms with E-state index in [0.717, 1.165) is 22.1 Å². The topological polar surface area (TPSA) is 159 Å². The van der Waals surface area contributed by atoms with Crippen LogP contribution >= 0.6 is 11.3 Å². The number of aromatic nitrogens is 3. The van der Waals surface area contributed by atoms with Gasteiger partial charge in [-0.3, -0.25) is 9.59 Å². The van der Waals surface area contributed by atoms with E-state index in [4.69, 9.17) is 10.2 Å². The molecule has 14 heteroatoms. The summed E-state index contributed by atoms with van der Waals surface area (Å²) in [5, 5.41) is 17.6. The minimum Gasteiger partial charge on any atom is -0.464 e. The van der Waals surface area contributed by atoms with Crippen molar-refractivity contribution in [2.24, 2.45) is 5.73 Å². The quantitative estimate of drug-likeness (QED) is 0.290. The van der Waals surface area contributed by atoms with E-state index in [0.29, 0.717) is 5.69 Å². The summed E-state index contributed by atoms with van der Waals surface area (Å²) >= 11 is 0.749. The molecule has 34 heavy (non-hydrogen) atoms. The molecule has 11 nitrogen and oxygen atoms in total. The van der Waals surface area contributed by atoms with Gasteiger partial charge < -0.3 is 25.6 Å². The summed E-state index contributed by atoms with van der Waals surface area (Å²) in [6.45, 7) is 3.00. The summed E-state index contributed by atoms with van der Waals surface area (Å²) in [6.07, 6.45) is -1.55. The maximum absolute atomic E-state index is 13.5. The number of pyridine rings is 1. The van der Waals surface area contributed by atoms with Gasteiger partial charge in [-0.1, -0.05) is 0 Å². The number of anilines is 1. The first-order valence-electron chi connectivity index (χ1n) is 9.69. The average Bonchev–Trinajstić information content (AvgIpc) is 3.51. The van der Waals surface area contributed by atoms with Crippen molar-refractivity contribution in [1.29, 1.82) is 0 Å². The maximum Gasteiger partial charge on any atom is 0.390 e. The zero-order valence-corrected chi connectivity index (χ0v) is 18.4. The number of hydrogen-bond donors (Lipinski definition) is 2. The number of carbonyl (C=O) groups excluding carboxylic acids is 2. The lowest BCUT2D eigenvalue weighted by Crippen LogP contribution is -2.26. The first-order valence-corrected chi connectivity index (χ1v) is 10.5. The number of nitrogens with zero attached hydrogens (tertiary/aromatic N) is 4. The van der Waals surface area contributed by atoms with Crippen molar-refractivity contribution in [3.05, 3.63) is 56.9 Å². The summed E-state index contributed by atoms with van der Waals surface area (Å²) in [5.74, 6) is -1.79. The fourth-order valence-electron chi connectivity index (χ4n) is 3.44. The highest BCUT2D eigenvalue weighted by Crippen LogP contribution is 2.42. The van der Waals surface area contributed by atoms with E-state index < -0.39 is 40.7 Å². The van der Waals surface area contributed by atoms with Crippen LogP contribution < -0.4 is 11.1 Å². The zero-order chi connectivity index (χ0) is 24.7. The monoisotopic (exact) mass is 490 g/mol. The van der Waals surface area contributed by atoms with Crippen LogP contribution in [0.3, 0.4) is 0 Å². The highest BCUT2D eigenvalue weighted by molar-refractivity contribution is 7.21. The van der Waals surface area contributed by atoms with Crippen LogP contribution in [0.4, 0.5) is 20.3 Å². The standard InChI is InChI=1S/C20H16F2N6O5S/c1-8-6-13(28(31)32)26-27(8)9(2)19(30)25-15-14-10(12-4-3-5-33-12)7-11(17(21)22)24-20(14)34-16(15)18(23)29/h3-7,9,17H,1-2H3,(H2,23,29)(H,25,30).